The average Bonchev–Trinajstić information content (AvgIpc) is 2.99. The molecule has 3 aromatic carbocycles. The van der Waals surface area contributed by atoms with Gasteiger partial charge in [-0.1, -0.05) is 12.1 Å². The Kier molecular flexibility index (Phi) is 8.35. The first kappa shape index (κ1) is 28.2. The zero-order chi connectivity index (χ0) is 29.6. The van der Waals surface area contributed by atoms with Crippen LogP contribution in [0.4, 0.5) is 11.5 Å². The largest absolute Gasteiger partial charge is 0.493 e. The Morgan fingerprint density at radius 1 is 0.905 bits per heavy atom. The Labute approximate surface area is 241 Å². The topological polar surface area (TPSA) is 126 Å². The van der Waals surface area contributed by atoms with Gasteiger partial charge in [0.2, 0.25) is 0 Å². The van der Waals surface area contributed by atoms with Crippen LogP contribution in [-0.4, -0.2) is 54.8 Å². The fourth-order valence-corrected chi connectivity index (χ4v) is 4.34. The van der Waals surface area contributed by atoms with E-state index in [-0.39, 0.29) is 22.9 Å². The van der Waals surface area contributed by atoms with Gasteiger partial charge >= 0.3 is 0 Å². The van der Waals surface area contributed by atoms with Gasteiger partial charge in [0.1, 0.15) is 30.3 Å². The highest BCUT2D eigenvalue weighted by Crippen LogP contribution is 2.38. The molecule has 0 saturated carbocycles. The van der Waals surface area contributed by atoms with Gasteiger partial charge in [-0.25, -0.2) is 9.97 Å². The highest BCUT2D eigenvalue weighted by molar-refractivity contribution is 6.34. The normalized spacial score (nSPS) is 12.7. The van der Waals surface area contributed by atoms with Crippen LogP contribution in [0.1, 0.15) is 22.8 Å². The maximum absolute atomic E-state index is 12.8. The van der Waals surface area contributed by atoms with Crippen molar-refractivity contribution in [2.24, 2.45) is 0 Å². The number of rotatable bonds is 11. The Morgan fingerprint density at radius 3 is 2.55 bits per heavy atom. The molecule has 10 heteroatoms. The van der Waals surface area contributed by atoms with Crippen molar-refractivity contribution in [2.45, 2.75) is 6.92 Å². The number of ether oxygens (including phenoxy) is 4. The lowest BCUT2D eigenvalue weighted by atomic mass is 9.95. The number of aromatic nitrogens is 2. The first-order chi connectivity index (χ1) is 20.4. The molecule has 0 atom stereocenters. The van der Waals surface area contributed by atoms with E-state index in [2.05, 4.69) is 15.3 Å². The molecule has 0 spiro atoms. The van der Waals surface area contributed by atoms with Gasteiger partial charge in [-0.2, -0.15) is 0 Å². The molecule has 212 valence electrons. The number of carbonyl (C=O) groups excluding carboxylic acids is 3. The first-order valence-electron chi connectivity index (χ1n) is 13.0. The van der Waals surface area contributed by atoms with E-state index in [1.807, 2.05) is 0 Å². The van der Waals surface area contributed by atoms with Crippen LogP contribution < -0.4 is 19.5 Å². The Bertz CT molecular complexity index is 1760. The zero-order valence-electron chi connectivity index (χ0n) is 23.2. The van der Waals surface area contributed by atoms with E-state index >= 15 is 0 Å². The van der Waals surface area contributed by atoms with Crippen LogP contribution in [0.15, 0.2) is 79.2 Å². The molecule has 0 bridgehead atoms. The van der Waals surface area contributed by atoms with E-state index in [9.17, 15) is 14.4 Å². The molecular weight excluding hydrogens is 538 g/mol. The average molecular weight is 566 g/mol. The summed E-state index contributed by atoms with van der Waals surface area (Å²) in [5, 5.41) is 3.95. The Balaban J connectivity index is 1.53. The van der Waals surface area contributed by atoms with Crippen LogP contribution in [0.2, 0.25) is 0 Å². The Morgan fingerprint density at radius 2 is 1.76 bits per heavy atom. The summed E-state index contributed by atoms with van der Waals surface area (Å²) in [4.78, 5) is 45.7. The number of carbonyl (C=O) groups is 3. The number of methoxy groups -OCH3 is 2. The molecule has 1 aliphatic rings. The van der Waals surface area contributed by atoms with Crippen molar-refractivity contribution < 1.29 is 33.3 Å². The lowest BCUT2D eigenvalue weighted by Gasteiger charge is -2.17. The van der Waals surface area contributed by atoms with Gasteiger partial charge in [0.15, 0.2) is 28.8 Å². The fraction of sp³-hybridized carbons (Fsp3) is 0.156. The molecule has 10 nitrogen and oxygen atoms in total. The molecule has 0 fully saturated rings. The van der Waals surface area contributed by atoms with Gasteiger partial charge in [0, 0.05) is 40.9 Å². The summed E-state index contributed by atoms with van der Waals surface area (Å²) in [7, 11) is 3.14. The van der Waals surface area contributed by atoms with Gasteiger partial charge in [0.25, 0.3) is 0 Å². The number of hydrogen-bond acceptors (Lipinski definition) is 10. The predicted molar refractivity (Wildman–Crippen MR) is 157 cm³/mol. The number of hydrogen-bond donors (Lipinski definition) is 1. The number of anilines is 2. The number of ketones is 3. The maximum Gasteiger partial charge on any atom is 0.186 e. The third-order valence-electron chi connectivity index (χ3n) is 6.42. The van der Waals surface area contributed by atoms with Gasteiger partial charge < -0.3 is 24.3 Å². The Hall–Kier alpha value is -5.35. The molecule has 4 aromatic rings. The second-order valence-electron chi connectivity index (χ2n) is 9.26. The number of nitrogens with one attached hydrogen (secondary N) is 1. The fourth-order valence-electron chi connectivity index (χ4n) is 4.34. The SMILES string of the molecule is COCCOc1cc2ncnc(Nc3ccc(Oc4cccc(C(C)=O)c4)c(C4=CC(=O)C=CC4=O)c3)c2cc1OC. The van der Waals surface area contributed by atoms with Gasteiger partial charge in [-0.3, -0.25) is 14.4 Å². The summed E-state index contributed by atoms with van der Waals surface area (Å²) in [6.07, 6.45) is 5.15. The lowest BCUT2D eigenvalue weighted by molar-refractivity contribution is -0.113. The number of nitrogens with zero attached hydrogens (tertiary/aromatic N) is 2. The summed E-state index contributed by atoms with van der Waals surface area (Å²) in [5.74, 6) is 1.47. The van der Waals surface area contributed by atoms with Crippen molar-refractivity contribution in [3.63, 3.8) is 0 Å². The van der Waals surface area contributed by atoms with E-state index in [1.165, 1.54) is 31.5 Å². The van der Waals surface area contributed by atoms with Crippen LogP contribution in [0.3, 0.4) is 0 Å². The number of benzene rings is 3. The van der Waals surface area contributed by atoms with E-state index in [0.717, 1.165) is 0 Å². The first-order valence-corrected chi connectivity index (χ1v) is 13.0. The number of fused-ring (bicyclic) bond motifs is 1. The second-order valence-corrected chi connectivity index (χ2v) is 9.26. The summed E-state index contributed by atoms with van der Waals surface area (Å²) < 4.78 is 22.5. The van der Waals surface area contributed by atoms with Crippen molar-refractivity contribution in [1.29, 1.82) is 0 Å². The van der Waals surface area contributed by atoms with E-state index in [1.54, 1.807) is 68.8 Å². The van der Waals surface area contributed by atoms with Crippen molar-refractivity contribution >= 4 is 45.3 Å². The van der Waals surface area contributed by atoms with E-state index in [4.69, 9.17) is 18.9 Å². The zero-order valence-corrected chi connectivity index (χ0v) is 23.2. The standard InChI is InChI=1S/C32H27N3O7/c1-19(36)20-5-4-6-23(13-20)42-29-10-7-21(14-25(29)24-15-22(37)8-9-28(24)38)35-32-26-16-30(40-3)31(41-12-11-39-2)17-27(26)33-18-34-32/h4-10,13-18H,11-12H2,1-3H3,(H,33,34,35). The van der Waals surface area contributed by atoms with Crippen molar-refractivity contribution in [3.05, 3.63) is 90.3 Å². The summed E-state index contributed by atoms with van der Waals surface area (Å²) in [6.45, 7) is 2.23. The van der Waals surface area contributed by atoms with E-state index < -0.39 is 0 Å². The highest BCUT2D eigenvalue weighted by atomic mass is 16.5. The van der Waals surface area contributed by atoms with Gasteiger partial charge in [0.05, 0.1) is 19.2 Å². The third kappa shape index (κ3) is 6.18. The minimum absolute atomic E-state index is 0.108. The summed E-state index contributed by atoms with van der Waals surface area (Å²) in [6, 6.07) is 15.4. The van der Waals surface area contributed by atoms with Crippen molar-refractivity contribution in [2.75, 3.05) is 32.8 Å². The van der Waals surface area contributed by atoms with Crippen LogP contribution in [-0.2, 0) is 14.3 Å². The van der Waals surface area contributed by atoms with Crippen LogP contribution in [0.5, 0.6) is 23.0 Å². The van der Waals surface area contributed by atoms with Crippen molar-refractivity contribution in [3.8, 4) is 23.0 Å². The minimum atomic E-state index is -0.340. The predicted octanol–water partition coefficient (Wildman–Crippen LogP) is 5.49. The molecule has 0 radical (unpaired) electrons. The molecular formula is C32H27N3O7. The molecule has 1 N–H and O–H groups in total. The molecule has 0 amide bonds. The molecule has 0 unspecified atom stereocenters. The molecule has 0 saturated heterocycles. The molecule has 1 aliphatic carbocycles. The van der Waals surface area contributed by atoms with Crippen LogP contribution in [0, 0.1) is 0 Å². The monoisotopic (exact) mass is 565 g/mol. The third-order valence-corrected chi connectivity index (χ3v) is 6.42. The number of Topliss-reactive ketones (excluding diaryl/α,β-unsaturated/α-hetero) is 1. The lowest BCUT2D eigenvalue weighted by Crippen LogP contribution is -2.08. The molecule has 42 heavy (non-hydrogen) atoms. The molecule has 1 aromatic heterocycles. The van der Waals surface area contributed by atoms with E-state index in [0.29, 0.717) is 69.7 Å². The molecule has 5 rings (SSSR count). The second kappa shape index (κ2) is 12.4. The van der Waals surface area contributed by atoms with Crippen LogP contribution >= 0.6 is 0 Å². The highest BCUT2D eigenvalue weighted by Gasteiger charge is 2.21. The quantitative estimate of drug-likeness (QED) is 0.142. The summed E-state index contributed by atoms with van der Waals surface area (Å²) >= 11 is 0. The van der Waals surface area contributed by atoms with Gasteiger partial charge in [-0.05, 0) is 61.5 Å². The van der Waals surface area contributed by atoms with Crippen LogP contribution in [0.25, 0.3) is 16.5 Å². The minimum Gasteiger partial charge on any atom is -0.493 e. The number of allylic oxidation sites excluding steroid dienone is 4. The molecule has 0 aliphatic heterocycles. The maximum atomic E-state index is 12.8. The molecule has 1 heterocycles. The van der Waals surface area contributed by atoms with Gasteiger partial charge in [-0.15, -0.1) is 0 Å². The smallest absolute Gasteiger partial charge is 0.186 e. The van der Waals surface area contributed by atoms with Crippen molar-refractivity contribution in [1.82, 2.24) is 9.97 Å². The summed E-state index contributed by atoms with van der Waals surface area (Å²) in [5.41, 5.74) is 2.24.